The lowest BCUT2D eigenvalue weighted by Crippen LogP contribution is -2.53. The van der Waals surface area contributed by atoms with Crippen LogP contribution < -0.4 is 9.62 Å². The molecule has 9 heteroatoms. The fraction of sp³-hybridized carbons (Fsp3) is 0.417. The zero-order chi connectivity index (χ0) is 24.8. The van der Waals surface area contributed by atoms with Crippen molar-refractivity contribution in [3.63, 3.8) is 0 Å². The van der Waals surface area contributed by atoms with Crippen molar-refractivity contribution in [1.82, 2.24) is 10.2 Å². The third-order valence-corrected chi connectivity index (χ3v) is 6.17. The summed E-state index contributed by atoms with van der Waals surface area (Å²) in [6.07, 6.45) is 1.30. The van der Waals surface area contributed by atoms with Crippen LogP contribution in [0.15, 0.2) is 48.5 Å². The third-order valence-electron chi connectivity index (χ3n) is 5.03. The van der Waals surface area contributed by atoms with E-state index in [2.05, 4.69) is 5.32 Å². The van der Waals surface area contributed by atoms with Crippen molar-refractivity contribution < 1.29 is 22.4 Å². The molecule has 180 valence electrons. The summed E-state index contributed by atoms with van der Waals surface area (Å²) in [5, 5.41) is 2.83. The Labute approximate surface area is 195 Å². The van der Waals surface area contributed by atoms with Gasteiger partial charge in [-0.1, -0.05) is 42.8 Å². The Morgan fingerprint density at radius 1 is 1.09 bits per heavy atom. The molecule has 0 spiro atoms. The monoisotopic (exact) mass is 477 g/mol. The maximum absolute atomic E-state index is 13.8. The number of carbonyl (C=O) groups is 2. The molecule has 1 atom stereocenters. The predicted molar refractivity (Wildman–Crippen MR) is 128 cm³/mol. The lowest BCUT2D eigenvalue weighted by atomic mass is 10.1. The number of amides is 2. The molecule has 0 aliphatic rings. The van der Waals surface area contributed by atoms with Gasteiger partial charge >= 0.3 is 0 Å². The van der Waals surface area contributed by atoms with Crippen LogP contribution in [0.1, 0.15) is 38.3 Å². The van der Waals surface area contributed by atoms with E-state index in [0.717, 1.165) is 27.8 Å². The van der Waals surface area contributed by atoms with E-state index in [4.69, 9.17) is 0 Å². The number of nitrogens with one attached hydrogen (secondary N) is 1. The molecule has 7 nitrogen and oxygen atoms in total. The van der Waals surface area contributed by atoms with E-state index in [0.29, 0.717) is 6.42 Å². The molecule has 0 aliphatic carbocycles. The van der Waals surface area contributed by atoms with Crippen LogP contribution in [0.2, 0.25) is 0 Å². The summed E-state index contributed by atoms with van der Waals surface area (Å²) in [4.78, 5) is 27.8. The van der Waals surface area contributed by atoms with Gasteiger partial charge in [-0.05, 0) is 51.0 Å². The molecule has 0 heterocycles. The Kier molecular flexibility index (Phi) is 8.99. The molecule has 2 rings (SSSR count). The second-order valence-corrected chi connectivity index (χ2v) is 10.3. The molecule has 1 N–H and O–H groups in total. The minimum absolute atomic E-state index is 0.0426. The average Bonchev–Trinajstić information content (AvgIpc) is 2.70. The molecule has 33 heavy (non-hydrogen) atoms. The maximum atomic E-state index is 13.8. The van der Waals surface area contributed by atoms with E-state index in [9.17, 15) is 22.4 Å². The zero-order valence-corrected chi connectivity index (χ0v) is 20.5. The van der Waals surface area contributed by atoms with Crippen molar-refractivity contribution in [3.05, 3.63) is 65.5 Å². The molecule has 2 aromatic rings. The van der Waals surface area contributed by atoms with Gasteiger partial charge in [0, 0.05) is 12.6 Å². The maximum Gasteiger partial charge on any atom is 0.244 e. The molecule has 2 amide bonds. The molecule has 0 saturated heterocycles. The predicted octanol–water partition coefficient (Wildman–Crippen LogP) is 3.23. The number of benzene rings is 2. The number of nitrogens with zero attached hydrogens (tertiary/aromatic N) is 2. The van der Waals surface area contributed by atoms with E-state index < -0.39 is 34.3 Å². The number of sulfonamides is 1. The van der Waals surface area contributed by atoms with Crippen LogP contribution in [0.5, 0.6) is 0 Å². The molecule has 0 fully saturated rings. The van der Waals surface area contributed by atoms with E-state index in [1.54, 1.807) is 6.92 Å². The van der Waals surface area contributed by atoms with Crippen molar-refractivity contribution in [2.24, 2.45) is 0 Å². The number of aryl methyl sites for hydroxylation is 1. The first kappa shape index (κ1) is 26.3. The van der Waals surface area contributed by atoms with Gasteiger partial charge in [0.05, 0.1) is 11.9 Å². The Bertz CT molecular complexity index is 1090. The second kappa shape index (κ2) is 11.3. The van der Waals surface area contributed by atoms with Crippen molar-refractivity contribution in [3.8, 4) is 0 Å². The first-order chi connectivity index (χ1) is 15.4. The number of rotatable bonds is 10. The van der Waals surface area contributed by atoms with Crippen molar-refractivity contribution >= 4 is 27.5 Å². The minimum atomic E-state index is -3.90. The fourth-order valence-electron chi connectivity index (χ4n) is 3.55. The number of anilines is 1. The van der Waals surface area contributed by atoms with E-state index >= 15 is 0 Å². The van der Waals surface area contributed by atoms with Crippen LogP contribution in [0.3, 0.4) is 0 Å². The van der Waals surface area contributed by atoms with Gasteiger partial charge in [0.25, 0.3) is 0 Å². The van der Waals surface area contributed by atoms with Crippen LogP contribution in [-0.4, -0.2) is 50.0 Å². The summed E-state index contributed by atoms with van der Waals surface area (Å²) in [5.74, 6) is -1.49. The normalized spacial score (nSPS) is 12.3. The van der Waals surface area contributed by atoms with Gasteiger partial charge in [-0.15, -0.1) is 0 Å². The Balaban J connectivity index is 2.44. The third kappa shape index (κ3) is 7.56. The lowest BCUT2D eigenvalue weighted by molar-refractivity contribution is -0.140. The van der Waals surface area contributed by atoms with E-state index in [-0.39, 0.29) is 24.2 Å². The largest absolute Gasteiger partial charge is 0.352 e. The molecule has 0 radical (unpaired) electrons. The summed E-state index contributed by atoms with van der Waals surface area (Å²) >= 11 is 0. The van der Waals surface area contributed by atoms with Crippen molar-refractivity contribution in [1.29, 1.82) is 0 Å². The number of hydrogen-bond acceptors (Lipinski definition) is 4. The molecule has 0 bridgehead atoms. The highest BCUT2D eigenvalue weighted by molar-refractivity contribution is 7.92. The van der Waals surface area contributed by atoms with Crippen LogP contribution >= 0.6 is 0 Å². The number of halogens is 1. The smallest absolute Gasteiger partial charge is 0.244 e. The lowest BCUT2D eigenvalue weighted by Gasteiger charge is -2.33. The van der Waals surface area contributed by atoms with Crippen LogP contribution in [0, 0.1) is 12.7 Å². The summed E-state index contributed by atoms with van der Waals surface area (Å²) in [5.41, 5.74) is 1.86. The Morgan fingerprint density at radius 3 is 2.30 bits per heavy atom. The first-order valence-corrected chi connectivity index (χ1v) is 12.7. The summed E-state index contributed by atoms with van der Waals surface area (Å²) in [6, 6.07) is 11.7. The quantitative estimate of drug-likeness (QED) is 0.569. The molecular weight excluding hydrogens is 445 g/mol. The van der Waals surface area contributed by atoms with Crippen LogP contribution in [0.25, 0.3) is 0 Å². The van der Waals surface area contributed by atoms with Gasteiger partial charge < -0.3 is 10.2 Å². The average molecular weight is 478 g/mol. The van der Waals surface area contributed by atoms with Crippen molar-refractivity contribution in [2.45, 2.75) is 52.7 Å². The van der Waals surface area contributed by atoms with E-state index in [1.807, 2.05) is 45.0 Å². The van der Waals surface area contributed by atoms with E-state index in [1.165, 1.54) is 23.1 Å². The summed E-state index contributed by atoms with van der Waals surface area (Å²) in [7, 11) is -3.90. The summed E-state index contributed by atoms with van der Waals surface area (Å²) < 4.78 is 39.6. The van der Waals surface area contributed by atoms with Gasteiger partial charge in [0.2, 0.25) is 21.8 Å². The fourth-order valence-corrected chi connectivity index (χ4v) is 4.39. The summed E-state index contributed by atoms with van der Waals surface area (Å²) in [6.45, 7) is 6.94. The molecule has 0 aliphatic heterocycles. The number of hydrogen-bond donors (Lipinski definition) is 1. The molecular formula is C24H32FN3O4S. The van der Waals surface area contributed by atoms with Gasteiger partial charge in [-0.25, -0.2) is 12.8 Å². The van der Waals surface area contributed by atoms with Gasteiger partial charge in [-0.2, -0.15) is 0 Å². The molecule has 0 saturated carbocycles. The molecule has 2 aromatic carbocycles. The van der Waals surface area contributed by atoms with Gasteiger partial charge in [0.15, 0.2) is 0 Å². The van der Waals surface area contributed by atoms with Gasteiger partial charge in [-0.3, -0.25) is 13.9 Å². The topological polar surface area (TPSA) is 86.8 Å². The Hall–Kier alpha value is -2.94. The highest BCUT2D eigenvalue weighted by atomic mass is 32.2. The highest BCUT2D eigenvalue weighted by Gasteiger charge is 2.32. The standard InChI is InChI=1S/C24H32FN3O4S/c1-6-22(24(30)26-17(2)3)27(15-19-10-7-9-18(4)13-19)23(29)16-28(33(5,31)32)21-12-8-11-20(25)14-21/h7-14,17,22H,6,15-16H2,1-5H3,(H,26,30)/t22-/m0/s1. The first-order valence-electron chi connectivity index (χ1n) is 10.8. The molecule has 0 aromatic heterocycles. The van der Waals surface area contributed by atoms with Crippen molar-refractivity contribution in [2.75, 3.05) is 17.1 Å². The SMILES string of the molecule is CC[C@@H](C(=O)NC(C)C)N(Cc1cccc(C)c1)C(=O)CN(c1cccc(F)c1)S(C)(=O)=O. The highest BCUT2D eigenvalue weighted by Crippen LogP contribution is 2.20. The minimum Gasteiger partial charge on any atom is -0.352 e. The Morgan fingerprint density at radius 2 is 1.76 bits per heavy atom. The van der Waals surface area contributed by atoms with Crippen LogP contribution in [0.4, 0.5) is 10.1 Å². The zero-order valence-electron chi connectivity index (χ0n) is 19.7. The van der Waals surface area contributed by atoms with Gasteiger partial charge in [0.1, 0.15) is 18.4 Å². The second-order valence-electron chi connectivity index (χ2n) is 8.35. The number of carbonyl (C=O) groups excluding carboxylic acids is 2. The molecule has 0 unspecified atom stereocenters. The van der Waals surface area contributed by atoms with Crippen LogP contribution in [-0.2, 0) is 26.2 Å².